The van der Waals surface area contributed by atoms with Gasteiger partial charge in [0.15, 0.2) is 0 Å². The highest BCUT2D eigenvalue weighted by atomic mass is 16.6. The Balaban J connectivity index is 1.27. The zero-order chi connectivity index (χ0) is 20.6. The summed E-state index contributed by atoms with van der Waals surface area (Å²) in [6.07, 6.45) is 9.55. The molecule has 2 aromatic rings. The van der Waals surface area contributed by atoms with Crippen molar-refractivity contribution in [2.75, 3.05) is 13.1 Å². The van der Waals surface area contributed by atoms with Crippen molar-refractivity contribution in [3.63, 3.8) is 0 Å². The molecule has 5 heteroatoms. The van der Waals surface area contributed by atoms with Gasteiger partial charge in [-0.3, -0.25) is 4.99 Å². The first kappa shape index (κ1) is 19.2. The van der Waals surface area contributed by atoms with Crippen molar-refractivity contribution in [1.29, 1.82) is 0 Å². The molecule has 1 saturated heterocycles. The molecule has 5 rings (SSSR count). The van der Waals surface area contributed by atoms with Gasteiger partial charge in [-0.15, -0.1) is 0 Å². The minimum Gasteiger partial charge on any atom is -0.445 e. The van der Waals surface area contributed by atoms with Crippen molar-refractivity contribution in [1.82, 2.24) is 9.47 Å². The second kappa shape index (κ2) is 7.78. The Labute approximate surface area is 178 Å². The van der Waals surface area contributed by atoms with E-state index in [9.17, 15) is 4.79 Å². The standard InChI is InChI=1S/C25H29N3O2/c1-25(23-12-7-15-28(23)22-11-6-5-10-21(22)26-25)20-13-16-27(17-14-20)24(29)30-18-19-8-3-2-4-9-19/h2-4,7-9,11-12,15,20H,5-6,10,13-14,16-18H2,1H3. The molecular formula is C25H29N3O2. The van der Waals surface area contributed by atoms with E-state index in [0.29, 0.717) is 12.5 Å². The third-order valence-corrected chi connectivity index (χ3v) is 6.90. The molecule has 1 amide bonds. The Bertz CT molecular complexity index is 983. The molecule has 3 aliphatic rings. The number of carbonyl (C=O) groups excluding carboxylic acids is 1. The Morgan fingerprint density at radius 2 is 1.97 bits per heavy atom. The van der Waals surface area contributed by atoms with Crippen LogP contribution in [0.15, 0.2) is 59.7 Å². The van der Waals surface area contributed by atoms with Crippen LogP contribution in [0.5, 0.6) is 0 Å². The molecule has 156 valence electrons. The maximum absolute atomic E-state index is 12.5. The first-order valence-corrected chi connectivity index (χ1v) is 11.1. The largest absolute Gasteiger partial charge is 0.445 e. The highest BCUT2D eigenvalue weighted by Gasteiger charge is 2.43. The van der Waals surface area contributed by atoms with Gasteiger partial charge in [0.25, 0.3) is 0 Å². The molecule has 1 aromatic carbocycles. The molecular weight excluding hydrogens is 374 g/mol. The van der Waals surface area contributed by atoms with Gasteiger partial charge in [0.05, 0.1) is 17.1 Å². The summed E-state index contributed by atoms with van der Waals surface area (Å²) in [4.78, 5) is 19.7. The minimum atomic E-state index is -0.229. The summed E-state index contributed by atoms with van der Waals surface area (Å²) in [6, 6.07) is 14.2. The molecule has 1 aliphatic carbocycles. The third kappa shape index (κ3) is 3.36. The normalized spacial score (nSPS) is 23.8. The molecule has 1 aromatic heterocycles. The Morgan fingerprint density at radius 1 is 1.17 bits per heavy atom. The van der Waals surface area contributed by atoms with Gasteiger partial charge in [-0.25, -0.2) is 4.79 Å². The highest BCUT2D eigenvalue weighted by Crippen LogP contribution is 2.45. The molecule has 1 fully saturated rings. The molecule has 0 spiro atoms. The topological polar surface area (TPSA) is 46.8 Å². The number of fused-ring (bicyclic) bond motifs is 3. The van der Waals surface area contributed by atoms with Crippen LogP contribution in [0.1, 0.15) is 50.3 Å². The van der Waals surface area contributed by atoms with E-state index >= 15 is 0 Å². The Kier molecular flexibility index (Phi) is 4.97. The SMILES string of the molecule is CC1(C2CCN(C(=O)OCc3ccccc3)CC2)N=C2CCCC=C2n2cccc21. The number of amides is 1. The lowest BCUT2D eigenvalue weighted by Gasteiger charge is -2.43. The van der Waals surface area contributed by atoms with Crippen LogP contribution in [0.25, 0.3) is 5.70 Å². The summed E-state index contributed by atoms with van der Waals surface area (Å²) in [5.41, 5.74) is 4.60. The monoisotopic (exact) mass is 403 g/mol. The van der Waals surface area contributed by atoms with Gasteiger partial charge >= 0.3 is 6.09 Å². The number of hydrogen-bond donors (Lipinski definition) is 0. The average Bonchev–Trinajstić information content (AvgIpc) is 3.30. The summed E-state index contributed by atoms with van der Waals surface area (Å²) in [5, 5.41) is 0. The molecule has 5 nitrogen and oxygen atoms in total. The maximum atomic E-state index is 12.5. The van der Waals surface area contributed by atoms with E-state index in [1.807, 2.05) is 35.2 Å². The number of nitrogens with zero attached hydrogens (tertiary/aromatic N) is 3. The molecule has 1 unspecified atom stereocenters. The van der Waals surface area contributed by atoms with Crippen LogP contribution in [0.4, 0.5) is 4.79 Å². The van der Waals surface area contributed by atoms with Gasteiger partial charge in [0, 0.05) is 19.3 Å². The van der Waals surface area contributed by atoms with Crippen molar-refractivity contribution >= 4 is 17.5 Å². The molecule has 3 heterocycles. The van der Waals surface area contributed by atoms with Crippen LogP contribution < -0.4 is 0 Å². The lowest BCUT2D eigenvalue weighted by molar-refractivity contribution is 0.0725. The van der Waals surface area contributed by atoms with Crippen molar-refractivity contribution in [3.8, 4) is 0 Å². The van der Waals surface area contributed by atoms with Gasteiger partial charge in [0.2, 0.25) is 0 Å². The van der Waals surface area contributed by atoms with Crippen LogP contribution in [0.2, 0.25) is 0 Å². The smallest absolute Gasteiger partial charge is 0.410 e. The average molecular weight is 404 g/mol. The van der Waals surface area contributed by atoms with Crippen molar-refractivity contribution < 1.29 is 9.53 Å². The number of ether oxygens (including phenoxy) is 1. The second-order valence-corrected chi connectivity index (χ2v) is 8.75. The molecule has 0 radical (unpaired) electrons. The van der Waals surface area contributed by atoms with E-state index in [1.54, 1.807) is 0 Å². The fraction of sp³-hybridized carbons (Fsp3) is 0.440. The minimum absolute atomic E-state index is 0.210. The number of rotatable bonds is 3. The molecule has 1 atom stereocenters. The predicted molar refractivity (Wildman–Crippen MR) is 118 cm³/mol. The molecule has 0 bridgehead atoms. The van der Waals surface area contributed by atoms with Crippen LogP contribution in [-0.4, -0.2) is 34.4 Å². The number of likely N-dealkylation sites (tertiary alicyclic amines) is 1. The lowest BCUT2D eigenvalue weighted by atomic mass is 9.76. The van der Waals surface area contributed by atoms with Crippen molar-refractivity contribution in [3.05, 3.63) is 66.0 Å². The van der Waals surface area contributed by atoms with Gasteiger partial charge in [0.1, 0.15) is 12.1 Å². The fourth-order valence-corrected chi connectivity index (χ4v) is 5.18. The summed E-state index contributed by atoms with van der Waals surface area (Å²) < 4.78 is 7.88. The zero-order valence-electron chi connectivity index (χ0n) is 17.6. The number of benzene rings is 1. The number of carbonyl (C=O) groups is 1. The Hall–Kier alpha value is -2.82. The van der Waals surface area contributed by atoms with Crippen LogP contribution in [0, 0.1) is 5.92 Å². The lowest BCUT2D eigenvalue weighted by Crippen LogP contribution is -2.46. The predicted octanol–water partition coefficient (Wildman–Crippen LogP) is 5.23. The molecule has 30 heavy (non-hydrogen) atoms. The van der Waals surface area contributed by atoms with Crippen molar-refractivity contribution in [2.45, 2.75) is 51.2 Å². The second-order valence-electron chi connectivity index (χ2n) is 8.75. The highest BCUT2D eigenvalue weighted by molar-refractivity contribution is 6.20. The quantitative estimate of drug-likeness (QED) is 0.704. The van der Waals surface area contributed by atoms with Crippen LogP contribution in [-0.2, 0) is 16.9 Å². The number of aliphatic imine (C=N–C) groups is 1. The van der Waals surface area contributed by atoms with E-state index in [0.717, 1.165) is 44.3 Å². The summed E-state index contributed by atoms with van der Waals surface area (Å²) in [5.74, 6) is 0.417. The van der Waals surface area contributed by atoms with E-state index in [-0.39, 0.29) is 11.6 Å². The summed E-state index contributed by atoms with van der Waals surface area (Å²) >= 11 is 0. The molecule has 0 N–H and O–H groups in total. The van der Waals surface area contributed by atoms with Crippen LogP contribution in [0.3, 0.4) is 0 Å². The van der Waals surface area contributed by atoms with E-state index in [1.165, 1.54) is 23.5 Å². The first-order valence-electron chi connectivity index (χ1n) is 11.1. The van der Waals surface area contributed by atoms with E-state index in [2.05, 4.69) is 35.9 Å². The number of hydrogen-bond acceptors (Lipinski definition) is 3. The first-order chi connectivity index (χ1) is 14.6. The van der Waals surface area contributed by atoms with E-state index in [4.69, 9.17) is 9.73 Å². The fourth-order valence-electron chi connectivity index (χ4n) is 5.18. The molecule has 0 saturated carbocycles. The van der Waals surface area contributed by atoms with E-state index < -0.39 is 0 Å². The Morgan fingerprint density at radius 3 is 2.77 bits per heavy atom. The zero-order valence-corrected chi connectivity index (χ0v) is 17.6. The number of aromatic nitrogens is 1. The maximum Gasteiger partial charge on any atom is 0.410 e. The third-order valence-electron chi connectivity index (χ3n) is 6.90. The van der Waals surface area contributed by atoms with Gasteiger partial charge in [-0.05, 0) is 62.6 Å². The van der Waals surface area contributed by atoms with Gasteiger partial charge < -0.3 is 14.2 Å². The summed E-state index contributed by atoms with van der Waals surface area (Å²) in [6.45, 7) is 4.06. The van der Waals surface area contributed by atoms with Crippen molar-refractivity contribution in [2.24, 2.45) is 10.9 Å². The van der Waals surface area contributed by atoms with Gasteiger partial charge in [-0.2, -0.15) is 0 Å². The number of allylic oxidation sites excluding steroid dienone is 2. The van der Waals surface area contributed by atoms with Gasteiger partial charge in [-0.1, -0.05) is 36.4 Å². The summed E-state index contributed by atoms with van der Waals surface area (Å²) in [7, 11) is 0. The number of piperidine rings is 1. The van der Waals surface area contributed by atoms with Crippen LogP contribution >= 0.6 is 0 Å². The molecule has 2 aliphatic heterocycles.